The van der Waals surface area contributed by atoms with Crippen LogP contribution in [0.5, 0.6) is 0 Å². The minimum absolute atomic E-state index is 0.156. The standard InChI is InChI=1S/C31H34F3N7O2/c1-40-27-13-11-22(15-26(27)38-39-40)18-37-29(42)28-16-24(36-17-21-8-5-9-23(14-21)31(32,33)34)19-41(28)30(43)25(35)12-10-20-6-3-2-4-7-20/h2-9,11,13-15,24-25,28,36H,10,12,16-19,35H2,1H3,(H,37,42). The van der Waals surface area contributed by atoms with Crippen LogP contribution >= 0.6 is 0 Å². The van der Waals surface area contributed by atoms with Crippen LogP contribution in [0.2, 0.25) is 0 Å². The van der Waals surface area contributed by atoms with Gasteiger partial charge in [0.15, 0.2) is 0 Å². The van der Waals surface area contributed by atoms with Crippen LogP contribution in [0.15, 0.2) is 72.8 Å². The van der Waals surface area contributed by atoms with Gasteiger partial charge in [0.05, 0.1) is 17.1 Å². The molecule has 0 saturated carbocycles. The zero-order chi connectivity index (χ0) is 30.6. The van der Waals surface area contributed by atoms with Crippen LogP contribution in [0.1, 0.15) is 35.1 Å². The zero-order valence-electron chi connectivity index (χ0n) is 23.7. The molecule has 43 heavy (non-hydrogen) atoms. The van der Waals surface area contributed by atoms with E-state index in [-0.39, 0.29) is 37.5 Å². The van der Waals surface area contributed by atoms with E-state index in [0.717, 1.165) is 28.8 Å². The van der Waals surface area contributed by atoms with Crippen molar-refractivity contribution >= 4 is 22.8 Å². The lowest BCUT2D eigenvalue weighted by molar-refractivity contribution is -0.139. The monoisotopic (exact) mass is 593 g/mol. The number of halogens is 3. The molecule has 1 aliphatic rings. The van der Waals surface area contributed by atoms with E-state index < -0.39 is 23.8 Å². The predicted octanol–water partition coefficient (Wildman–Crippen LogP) is 3.32. The van der Waals surface area contributed by atoms with Gasteiger partial charge in [0.2, 0.25) is 11.8 Å². The fourth-order valence-corrected chi connectivity index (χ4v) is 5.40. The number of carbonyl (C=O) groups excluding carboxylic acids is 2. The molecule has 3 unspecified atom stereocenters. The van der Waals surface area contributed by atoms with Crippen molar-refractivity contribution in [2.45, 2.75) is 56.7 Å². The summed E-state index contributed by atoms with van der Waals surface area (Å²) in [4.78, 5) is 28.5. The Morgan fingerprint density at radius 1 is 1.00 bits per heavy atom. The molecule has 3 aromatic carbocycles. The number of rotatable bonds is 10. The normalized spacial score (nSPS) is 17.7. The number of nitrogens with two attached hydrogens (primary N) is 1. The Hall–Kier alpha value is -4.29. The number of benzene rings is 3. The maximum Gasteiger partial charge on any atom is 0.416 e. The van der Waals surface area contributed by atoms with Crippen molar-refractivity contribution < 1.29 is 22.8 Å². The average Bonchev–Trinajstić information content (AvgIpc) is 3.61. The second-order valence-corrected chi connectivity index (χ2v) is 10.9. The summed E-state index contributed by atoms with van der Waals surface area (Å²) < 4.78 is 41.2. The molecule has 0 aliphatic carbocycles. The largest absolute Gasteiger partial charge is 0.416 e. The molecule has 12 heteroatoms. The molecule has 0 radical (unpaired) electrons. The molecule has 2 heterocycles. The van der Waals surface area contributed by atoms with Crippen molar-refractivity contribution in [3.63, 3.8) is 0 Å². The van der Waals surface area contributed by atoms with Gasteiger partial charge in [-0.3, -0.25) is 9.59 Å². The maximum atomic E-state index is 13.5. The molecule has 1 aromatic heterocycles. The Morgan fingerprint density at radius 3 is 2.51 bits per heavy atom. The van der Waals surface area contributed by atoms with E-state index in [1.807, 2.05) is 48.5 Å². The van der Waals surface area contributed by atoms with Crippen molar-refractivity contribution in [3.05, 3.63) is 95.1 Å². The molecule has 5 rings (SSSR count). The summed E-state index contributed by atoms with van der Waals surface area (Å²) in [7, 11) is 1.80. The lowest BCUT2D eigenvalue weighted by Gasteiger charge is -2.26. The first kappa shape index (κ1) is 30.2. The summed E-state index contributed by atoms with van der Waals surface area (Å²) in [6.07, 6.45) is -3.12. The molecule has 2 amide bonds. The minimum atomic E-state index is -4.44. The highest BCUT2D eigenvalue weighted by Crippen LogP contribution is 2.29. The Labute approximate surface area is 247 Å². The number of nitrogens with one attached hydrogen (secondary N) is 2. The highest BCUT2D eigenvalue weighted by Gasteiger charge is 2.40. The molecule has 4 N–H and O–H groups in total. The van der Waals surface area contributed by atoms with Crippen molar-refractivity contribution in [2.75, 3.05) is 6.54 Å². The molecule has 1 fully saturated rings. The van der Waals surface area contributed by atoms with Crippen LogP contribution < -0.4 is 16.4 Å². The van der Waals surface area contributed by atoms with Gasteiger partial charge in [0, 0.05) is 32.7 Å². The Morgan fingerprint density at radius 2 is 1.74 bits per heavy atom. The van der Waals surface area contributed by atoms with Crippen LogP contribution in [0, 0.1) is 0 Å². The number of hydrogen-bond acceptors (Lipinski definition) is 6. The second kappa shape index (κ2) is 12.9. The van der Waals surface area contributed by atoms with Gasteiger partial charge in [0.1, 0.15) is 11.6 Å². The van der Waals surface area contributed by atoms with E-state index in [1.165, 1.54) is 11.0 Å². The number of hydrogen-bond donors (Lipinski definition) is 3. The lowest BCUT2D eigenvalue weighted by Crippen LogP contribution is -2.51. The summed E-state index contributed by atoms with van der Waals surface area (Å²) in [6, 6.07) is 18.5. The molecule has 4 aromatic rings. The maximum absolute atomic E-state index is 13.5. The Kier molecular flexibility index (Phi) is 9.07. The molecule has 9 nitrogen and oxygen atoms in total. The molecule has 1 aliphatic heterocycles. The molecule has 1 saturated heterocycles. The van der Waals surface area contributed by atoms with Gasteiger partial charge < -0.3 is 21.3 Å². The van der Waals surface area contributed by atoms with Gasteiger partial charge in [-0.05, 0) is 54.2 Å². The van der Waals surface area contributed by atoms with Crippen LogP contribution in [-0.4, -0.2) is 56.4 Å². The number of likely N-dealkylation sites (tertiary alicyclic amines) is 1. The van der Waals surface area contributed by atoms with E-state index in [4.69, 9.17) is 5.73 Å². The van der Waals surface area contributed by atoms with Gasteiger partial charge in [-0.15, -0.1) is 5.10 Å². The third-order valence-corrected chi connectivity index (χ3v) is 7.78. The number of alkyl halides is 3. The van der Waals surface area contributed by atoms with Crippen molar-refractivity contribution in [1.29, 1.82) is 0 Å². The summed E-state index contributed by atoms with van der Waals surface area (Å²) in [6.45, 7) is 0.593. The van der Waals surface area contributed by atoms with Crippen molar-refractivity contribution in [1.82, 2.24) is 30.5 Å². The third kappa shape index (κ3) is 7.38. The molecular formula is C31H34F3N7O2. The highest BCUT2D eigenvalue weighted by atomic mass is 19.4. The molecule has 0 bridgehead atoms. The third-order valence-electron chi connectivity index (χ3n) is 7.78. The van der Waals surface area contributed by atoms with E-state index in [2.05, 4.69) is 20.9 Å². The molecule has 3 atom stereocenters. The minimum Gasteiger partial charge on any atom is -0.350 e. The van der Waals surface area contributed by atoms with E-state index in [1.54, 1.807) is 17.8 Å². The number of nitrogens with zero attached hydrogens (tertiary/aromatic N) is 4. The molecule has 0 spiro atoms. The van der Waals surface area contributed by atoms with Crippen LogP contribution in [-0.2, 0) is 42.3 Å². The summed E-state index contributed by atoms with van der Waals surface area (Å²) in [5.41, 5.74) is 9.52. The van der Waals surface area contributed by atoms with E-state index >= 15 is 0 Å². The highest BCUT2D eigenvalue weighted by molar-refractivity contribution is 5.90. The summed E-state index contributed by atoms with van der Waals surface area (Å²) in [5, 5.41) is 14.3. The van der Waals surface area contributed by atoms with Gasteiger partial charge in [-0.2, -0.15) is 13.2 Å². The average molecular weight is 594 g/mol. The zero-order valence-corrected chi connectivity index (χ0v) is 23.7. The van der Waals surface area contributed by atoms with Crippen LogP contribution in [0.25, 0.3) is 11.0 Å². The first-order valence-corrected chi connectivity index (χ1v) is 14.1. The Bertz CT molecular complexity index is 1570. The van der Waals surface area contributed by atoms with Gasteiger partial charge in [0.25, 0.3) is 0 Å². The van der Waals surface area contributed by atoms with Gasteiger partial charge in [-0.1, -0.05) is 59.8 Å². The van der Waals surface area contributed by atoms with Crippen molar-refractivity contribution in [2.24, 2.45) is 12.8 Å². The lowest BCUT2D eigenvalue weighted by atomic mass is 10.0. The predicted molar refractivity (Wildman–Crippen MR) is 155 cm³/mol. The number of carbonyl (C=O) groups is 2. The topological polar surface area (TPSA) is 118 Å². The number of amides is 2. The van der Waals surface area contributed by atoms with Gasteiger partial charge >= 0.3 is 6.18 Å². The first-order valence-electron chi connectivity index (χ1n) is 14.1. The first-order chi connectivity index (χ1) is 20.6. The van der Waals surface area contributed by atoms with E-state index in [0.29, 0.717) is 30.3 Å². The smallest absolute Gasteiger partial charge is 0.350 e. The fourth-order valence-electron chi connectivity index (χ4n) is 5.40. The van der Waals surface area contributed by atoms with Crippen LogP contribution in [0.4, 0.5) is 13.2 Å². The summed E-state index contributed by atoms with van der Waals surface area (Å²) >= 11 is 0. The van der Waals surface area contributed by atoms with Gasteiger partial charge in [-0.25, -0.2) is 4.68 Å². The SMILES string of the molecule is Cn1nnc2cc(CNC(=O)C3CC(NCc4cccc(C(F)(F)F)c4)CN3C(=O)C(N)CCc3ccccc3)ccc21. The Balaban J connectivity index is 1.26. The number of aryl methyl sites for hydroxylation is 2. The number of aromatic nitrogens is 3. The molecular weight excluding hydrogens is 559 g/mol. The van der Waals surface area contributed by atoms with E-state index in [9.17, 15) is 22.8 Å². The van der Waals surface area contributed by atoms with Crippen LogP contribution in [0.3, 0.4) is 0 Å². The quantitative estimate of drug-likeness (QED) is 0.260. The second-order valence-electron chi connectivity index (χ2n) is 10.9. The number of fused-ring (bicyclic) bond motifs is 1. The summed E-state index contributed by atoms with van der Waals surface area (Å²) in [5.74, 6) is -0.661. The van der Waals surface area contributed by atoms with Crippen molar-refractivity contribution in [3.8, 4) is 0 Å². The fraction of sp³-hybridized carbons (Fsp3) is 0.355. The molecule has 226 valence electrons.